The molecule has 5 nitrogen and oxygen atoms in total. The van der Waals surface area contributed by atoms with E-state index >= 15 is 0 Å². The summed E-state index contributed by atoms with van der Waals surface area (Å²) in [6, 6.07) is 0.808. The Hall–Kier alpha value is -1.36. The van der Waals surface area contributed by atoms with Gasteiger partial charge in [0, 0.05) is 24.3 Å². The van der Waals surface area contributed by atoms with Gasteiger partial charge >= 0.3 is 0 Å². The van der Waals surface area contributed by atoms with Crippen LogP contribution in [0.25, 0.3) is 0 Å². The molecule has 94 valence electrons. The zero-order chi connectivity index (χ0) is 12.4. The number of nitrogens with zero attached hydrogens (tertiary/aromatic N) is 2. The molecule has 1 saturated heterocycles. The zero-order valence-corrected chi connectivity index (χ0v) is 10.7. The van der Waals surface area contributed by atoms with Crippen molar-refractivity contribution in [3.8, 4) is 0 Å². The first-order valence-corrected chi connectivity index (χ1v) is 6.09. The van der Waals surface area contributed by atoms with Gasteiger partial charge in [0.1, 0.15) is 0 Å². The molecule has 0 aliphatic carbocycles. The molecule has 5 heteroatoms. The number of carbonyl (C=O) groups excluding carboxylic acids is 1. The third-order valence-electron chi connectivity index (χ3n) is 3.62. The number of rotatable bonds is 2. The van der Waals surface area contributed by atoms with Gasteiger partial charge in [-0.05, 0) is 33.7 Å². The molecular formula is C12H20N4O. The number of likely N-dealkylation sites (tertiary alicyclic amines) is 1. The third kappa shape index (κ3) is 2.66. The first-order chi connectivity index (χ1) is 8.08. The molecule has 1 aromatic rings. The lowest BCUT2D eigenvalue weighted by molar-refractivity contribution is 0.0896. The molecule has 1 aromatic heterocycles. The van der Waals surface area contributed by atoms with Gasteiger partial charge in [-0.2, -0.15) is 5.10 Å². The Balaban J connectivity index is 1.94. The molecule has 0 radical (unpaired) electrons. The first-order valence-electron chi connectivity index (χ1n) is 6.09. The predicted molar refractivity (Wildman–Crippen MR) is 65.9 cm³/mol. The number of piperidine rings is 1. The van der Waals surface area contributed by atoms with Gasteiger partial charge < -0.3 is 10.2 Å². The summed E-state index contributed by atoms with van der Waals surface area (Å²) >= 11 is 0. The Kier molecular flexibility index (Phi) is 3.47. The summed E-state index contributed by atoms with van der Waals surface area (Å²) in [5, 5.41) is 9.74. The summed E-state index contributed by atoms with van der Waals surface area (Å²) in [4.78, 5) is 14.3. The molecule has 0 aromatic carbocycles. The van der Waals surface area contributed by atoms with E-state index in [0.29, 0.717) is 11.6 Å². The van der Waals surface area contributed by atoms with E-state index in [2.05, 4.69) is 34.4 Å². The van der Waals surface area contributed by atoms with Crippen molar-refractivity contribution >= 4 is 5.91 Å². The largest absolute Gasteiger partial charge is 0.349 e. The molecule has 2 rings (SSSR count). The van der Waals surface area contributed by atoms with Gasteiger partial charge in [-0.3, -0.25) is 9.89 Å². The molecular weight excluding hydrogens is 216 g/mol. The van der Waals surface area contributed by atoms with Crippen LogP contribution in [0.4, 0.5) is 0 Å². The molecule has 2 heterocycles. The van der Waals surface area contributed by atoms with Gasteiger partial charge in [-0.15, -0.1) is 0 Å². The number of aryl methyl sites for hydroxylation is 1. The number of aromatic amines is 1. The van der Waals surface area contributed by atoms with E-state index in [4.69, 9.17) is 0 Å². The maximum absolute atomic E-state index is 12.0. The van der Waals surface area contributed by atoms with Crippen molar-refractivity contribution in [2.24, 2.45) is 0 Å². The van der Waals surface area contributed by atoms with E-state index in [9.17, 15) is 4.79 Å². The Morgan fingerprint density at radius 1 is 1.65 bits per heavy atom. The van der Waals surface area contributed by atoms with E-state index in [-0.39, 0.29) is 11.9 Å². The topological polar surface area (TPSA) is 61.0 Å². The average molecular weight is 236 g/mol. The molecule has 1 fully saturated rings. The summed E-state index contributed by atoms with van der Waals surface area (Å²) in [6.45, 7) is 5.09. The van der Waals surface area contributed by atoms with E-state index in [0.717, 1.165) is 25.1 Å². The van der Waals surface area contributed by atoms with E-state index in [1.165, 1.54) is 0 Å². The molecule has 2 N–H and O–H groups in total. The number of amides is 1. The highest BCUT2D eigenvalue weighted by atomic mass is 16.1. The van der Waals surface area contributed by atoms with Crippen molar-refractivity contribution in [1.82, 2.24) is 20.4 Å². The van der Waals surface area contributed by atoms with Crippen LogP contribution >= 0.6 is 0 Å². The van der Waals surface area contributed by atoms with Crippen LogP contribution in [-0.4, -0.2) is 46.7 Å². The second-order valence-electron chi connectivity index (χ2n) is 4.93. The highest BCUT2D eigenvalue weighted by Crippen LogP contribution is 2.16. The van der Waals surface area contributed by atoms with Crippen LogP contribution in [0.1, 0.15) is 35.8 Å². The van der Waals surface area contributed by atoms with Crippen molar-refractivity contribution in [2.45, 2.75) is 38.8 Å². The molecule has 1 aliphatic rings. The van der Waals surface area contributed by atoms with Crippen LogP contribution in [0, 0.1) is 6.92 Å². The van der Waals surface area contributed by atoms with Crippen molar-refractivity contribution in [2.75, 3.05) is 13.6 Å². The Labute approximate surface area is 102 Å². The number of hydrogen-bond donors (Lipinski definition) is 2. The smallest absolute Gasteiger partial charge is 0.254 e. The number of aromatic nitrogens is 2. The number of nitrogens with one attached hydrogen (secondary N) is 2. The lowest BCUT2D eigenvalue weighted by Gasteiger charge is -2.35. The fourth-order valence-corrected chi connectivity index (χ4v) is 2.26. The van der Waals surface area contributed by atoms with E-state index in [1.54, 1.807) is 6.20 Å². The minimum atomic E-state index is -0.0157. The minimum Gasteiger partial charge on any atom is -0.349 e. The second kappa shape index (κ2) is 4.87. The quantitative estimate of drug-likeness (QED) is 0.803. The van der Waals surface area contributed by atoms with Gasteiger partial charge in [0.05, 0.1) is 11.8 Å². The van der Waals surface area contributed by atoms with Crippen LogP contribution in [0.2, 0.25) is 0 Å². The van der Waals surface area contributed by atoms with Gasteiger partial charge in [0.15, 0.2) is 0 Å². The summed E-state index contributed by atoms with van der Waals surface area (Å²) < 4.78 is 0. The number of carbonyl (C=O) groups is 1. The number of H-pyrrole nitrogens is 1. The molecule has 1 aliphatic heterocycles. The normalized spacial score (nSPS) is 25.8. The van der Waals surface area contributed by atoms with E-state index in [1.807, 2.05) is 6.92 Å². The average Bonchev–Trinajstić information content (AvgIpc) is 2.70. The number of hydrogen-bond acceptors (Lipinski definition) is 3. The zero-order valence-electron chi connectivity index (χ0n) is 10.7. The minimum absolute atomic E-state index is 0.0157. The highest BCUT2D eigenvalue weighted by molar-refractivity contribution is 5.95. The monoisotopic (exact) mass is 236 g/mol. The maximum Gasteiger partial charge on any atom is 0.254 e. The Morgan fingerprint density at radius 2 is 2.41 bits per heavy atom. The fraction of sp³-hybridized carbons (Fsp3) is 0.667. The van der Waals surface area contributed by atoms with Crippen LogP contribution < -0.4 is 5.32 Å². The van der Waals surface area contributed by atoms with Gasteiger partial charge in [0.25, 0.3) is 5.91 Å². The van der Waals surface area contributed by atoms with Crippen molar-refractivity contribution in [3.63, 3.8) is 0 Å². The van der Waals surface area contributed by atoms with Crippen molar-refractivity contribution < 1.29 is 4.79 Å². The SMILES string of the molecule is Cc1[nH]ncc1C(=O)NC1CCN(C)C(C)C1. The predicted octanol–water partition coefficient (Wildman–Crippen LogP) is 0.931. The molecule has 0 spiro atoms. The van der Waals surface area contributed by atoms with Crippen molar-refractivity contribution in [1.29, 1.82) is 0 Å². The molecule has 0 bridgehead atoms. The lowest BCUT2D eigenvalue weighted by Crippen LogP contribution is -2.47. The van der Waals surface area contributed by atoms with Gasteiger partial charge in [0.2, 0.25) is 0 Å². The standard InChI is InChI=1S/C12H20N4O/c1-8-6-10(4-5-16(8)3)14-12(17)11-7-13-15-9(11)2/h7-8,10H,4-6H2,1-3H3,(H,13,15)(H,14,17). The molecule has 2 unspecified atom stereocenters. The van der Waals surface area contributed by atoms with Crippen molar-refractivity contribution in [3.05, 3.63) is 17.5 Å². The fourth-order valence-electron chi connectivity index (χ4n) is 2.26. The first kappa shape index (κ1) is 12.1. The molecule has 0 saturated carbocycles. The molecule has 17 heavy (non-hydrogen) atoms. The lowest BCUT2D eigenvalue weighted by atomic mass is 9.98. The summed E-state index contributed by atoms with van der Waals surface area (Å²) in [7, 11) is 2.13. The molecule has 1 amide bonds. The van der Waals surface area contributed by atoms with Gasteiger partial charge in [-0.1, -0.05) is 0 Å². The van der Waals surface area contributed by atoms with Crippen LogP contribution in [0.5, 0.6) is 0 Å². The van der Waals surface area contributed by atoms with E-state index < -0.39 is 0 Å². The Morgan fingerprint density at radius 3 is 3.00 bits per heavy atom. The second-order valence-corrected chi connectivity index (χ2v) is 4.93. The highest BCUT2D eigenvalue weighted by Gasteiger charge is 2.24. The van der Waals surface area contributed by atoms with Crippen LogP contribution in [0.15, 0.2) is 6.20 Å². The Bertz CT molecular complexity index is 401. The van der Waals surface area contributed by atoms with Crippen LogP contribution in [-0.2, 0) is 0 Å². The maximum atomic E-state index is 12.0. The summed E-state index contributed by atoms with van der Waals surface area (Å²) in [6.07, 6.45) is 3.62. The van der Waals surface area contributed by atoms with Gasteiger partial charge in [-0.25, -0.2) is 0 Å². The molecule has 2 atom stereocenters. The third-order valence-corrected chi connectivity index (χ3v) is 3.62. The van der Waals surface area contributed by atoms with Crippen LogP contribution in [0.3, 0.4) is 0 Å². The summed E-state index contributed by atoms with van der Waals surface area (Å²) in [5.74, 6) is -0.0157. The summed E-state index contributed by atoms with van der Waals surface area (Å²) in [5.41, 5.74) is 1.47.